The van der Waals surface area contributed by atoms with Crippen LogP contribution in [0.15, 0.2) is 53.0 Å². The van der Waals surface area contributed by atoms with Gasteiger partial charge in [0.2, 0.25) is 0 Å². The van der Waals surface area contributed by atoms with Crippen molar-refractivity contribution in [1.82, 2.24) is 0 Å². The van der Waals surface area contributed by atoms with Crippen LogP contribution in [0, 0.1) is 0 Å². The Balaban J connectivity index is 2.23. The Bertz CT molecular complexity index is 537. The van der Waals surface area contributed by atoms with Crippen molar-refractivity contribution in [2.45, 2.75) is 25.3 Å². The van der Waals surface area contributed by atoms with Gasteiger partial charge in [0.05, 0.1) is 0 Å². The van der Waals surface area contributed by atoms with Crippen LogP contribution in [0.2, 0.25) is 5.02 Å². The molecule has 2 rings (SSSR count). The first kappa shape index (κ1) is 14.6. The third-order valence-corrected chi connectivity index (χ3v) is 4.03. The molecule has 0 saturated carbocycles. The summed E-state index contributed by atoms with van der Waals surface area (Å²) in [6, 6.07) is 16.4. The minimum atomic E-state index is 0.102. The van der Waals surface area contributed by atoms with Crippen LogP contribution in [0.5, 0.6) is 0 Å². The molecule has 19 heavy (non-hydrogen) atoms. The fraction of sp³-hybridized carbons (Fsp3) is 0.250. The molecular weight excluding hydrogens is 322 g/mol. The van der Waals surface area contributed by atoms with E-state index < -0.39 is 0 Å². The third-order valence-electron chi connectivity index (χ3n) is 3.28. The van der Waals surface area contributed by atoms with Gasteiger partial charge in [-0.25, -0.2) is 0 Å². The molecule has 0 heterocycles. The van der Waals surface area contributed by atoms with Crippen molar-refractivity contribution in [3.63, 3.8) is 0 Å². The van der Waals surface area contributed by atoms with Gasteiger partial charge in [-0.15, -0.1) is 0 Å². The van der Waals surface area contributed by atoms with E-state index in [-0.39, 0.29) is 6.04 Å². The molecule has 0 fully saturated rings. The molecule has 0 amide bonds. The molecular formula is C16H17BrClN. The summed E-state index contributed by atoms with van der Waals surface area (Å²) < 4.78 is 1.09. The SMILES string of the molecule is CC(N)C(Cc1ccc(Cl)cc1)c1cccc(Br)c1. The van der Waals surface area contributed by atoms with E-state index in [0.717, 1.165) is 15.9 Å². The van der Waals surface area contributed by atoms with Crippen LogP contribution in [-0.4, -0.2) is 6.04 Å². The first-order chi connectivity index (χ1) is 9.06. The van der Waals surface area contributed by atoms with Gasteiger partial charge in [-0.2, -0.15) is 0 Å². The monoisotopic (exact) mass is 337 g/mol. The summed E-state index contributed by atoms with van der Waals surface area (Å²) >= 11 is 9.43. The largest absolute Gasteiger partial charge is 0.327 e. The lowest BCUT2D eigenvalue weighted by Gasteiger charge is -2.21. The second-order valence-corrected chi connectivity index (χ2v) is 6.20. The van der Waals surface area contributed by atoms with Crippen molar-refractivity contribution < 1.29 is 0 Å². The number of hydrogen-bond acceptors (Lipinski definition) is 1. The Hall–Kier alpha value is -0.830. The Labute approximate surface area is 127 Å². The van der Waals surface area contributed by atoms with E-state index in [9.17, 15) is 0 Å². The maximum Gasteiger partial charge on any atom is 0.0406 e. The predicted molar refractivity (Wildman–Crippen MR) is 85.7 cm³/mol. The topological polar surface area (TPSA) is 26.0 Å². The van der Waals surface area contributed by atoms with Gasteiger partial charge in [-0.05, 0) is 48.7 Å². The quantitative estimate of drug-likeness (QED) is 0.853. The van der Waals surface area contributed by atoms with Gasteiger partial charge in [0.25, 0.3) is 0 Å². The molecule has 100 valence electrons. The van der Waals surface area contributed by atoms with Crippen LogP contribution in [0.1, 0.15) is 24.0 Å². The van der Waals surface area contributed by atoms with Gasteiger partial charge in [0.15, 0.2) is 0 Å². The maximum atomic E-state index is 6.16. The minimum Gasteiger partial charge on any atom is -0.327 e. The third kappa shape index (κ3) is 4.07. The summed E-state index contributed by atoms with van der Waals surface area (Å²) in [6.07, 6.45) is 0.922. The smallest absolute Gasteiger partial charge is 0.0406 e. The van der Waals surface area contributed by atoms with Crippen LogP contribution in [-0.2, 0) is 6.42 Å². The maximum absolute atomic E-state index is 6.16. The Morgan fingerprint density at radius 2 is 1.84 bits per heavy atom. The summed E-state index contributed by atoms with van der Waals surface area (Å²) in [7, 11) is 0. The summed E-state index contributed by atoms with van der Waals surface area (Å²) in [4.78, 5) is 0. The molecule has 0 aliphatic rings. The number of hydrogen-bond donors (Lipinski definition) is 1. The highest BCUT2D eigenvalue weighted by Crippen LogP contribution is 2.26. The van der Waals surface area contributed by atoms with Gasteiger partial charge in [0.1, 0.15) is 0 Å². The summed E-state index contributed by atoms with van der Waals surface area (Å²) in [5.74, 6) is 0.304. The van der Waals surface area contributed by atoms with Gasteiger partial charge < -0.3 is 5.73 Å². The van der Waals surface area contributed by atoms with Crippen molar-refractivity contribution >= 4 is 27.5 Å². The number of nitrogens with two attached hydrogens (primary N) is 1. The molecule has 0 aliphatic heterocycles. The molecule has 0 bridgehead atoms. The first-order valence-electron chi connectivity index (χ1n) is 6.32. The van der Waals surface area contributed by atoms with Crippen LogP contribution >= 0.6 is 27.5 Å². The first-order valence-corrected chi connectivity index (χ1v) is 7.49. The molecule has 0 radical (unpaired) electrons. The zero-order valence-electron chi connectivity index (χ0n) is 10.8. The van der Waals surface area contributed by atoms with E-state index in [4.69, 9.17) is 17.3 Å². The number of halogens is 2. The highest BCUT2D eigenvalue weighted by molar-refractivity contribution is 9.10. The fourth-order valence-corrected chi connectivity index (χ4v) is 2.76. The van der Waals surface area contributed by atoms with Crippen molar-refractivity contribution in [1.29, 1.82) is 0 Å². The predicted octanol–water partition coefficient (Wildman–Crippen LogP) is 4.78. The lowest BCUT2D eigenvalue weighted by molar-refractivity contribution is 0.565. The van der Waals surface area contributed by atoms with Gasteiger partial charge in [0, 0.05) is 21.5 Å². The van der Waals surface area contributed by atoms with Crippen molar-refractivity contribution in [2.24, 2.45) is 5.73 Å². The average Bonchev–Trinajstić information content (AvgIpc) is 2.37. The van der Waals surface area contributed by atoms with E-state index in [0.29, 0.717) is 5.92 Å². The second-order valence-electron chi connectivity index (χ2n) is 4.85. The minimum absolute atomic E-state index is 0.102. The zero-order chi connectivity index (χ0) is 13.8. The highest BCUT2D eigenvalue weighted by atomic mass is 79.9. The van der Waals surface area contributed by atoms with Crippen LogP contribution in [0.3, 0.4) is 0 Å². The summed E-state index contributed by atoms with van der Waals surface area (Å²) in [6.45, 7) is 2.06. The summed E-state index contributed by atoms with van der Waals surface area (Å²) in [5.41, 5.74) is 8.67. The molecule has 3 heteroatoms. The standard InChI is InChI=1S/C16H17BrClN/c1-11(19)16(13-3-2-4-14(17)10-13)9-12-5-7-15(18)8-6-12/h2-8,10-11,16H,9,19H2,1H3. The Morgan fingerprint density at radius 1 is 1.16 bits per heavy atom. The van der Waals surface area contributed by atoms with Gasteiger partial charge in [-0.1, -0.05) is 51.8 Å². The molecule has 2 aromatic rings. The van der Waals surface area contributed by atoms with E-state index >= 15 is 0 Å². The van der Waals surface area contributed by atoms with Crippen molar-refractivity contribution in [3.05, 3.63) is 69.2 Å². The van der Waals surface area contributed by atoms with E-state index in [2.05, 4.69) is 53.2 Å². The van der Waals surface area contributed by atoms with E-state index in [1.807, 2.05) is 18.2 Å². The average molecular weight is 339 g/mol. The number of benzene rings is 2. The van der Waals surface area contributed by atoms with Crippen LogP contribution < -0.4 is 5.73 Å². The molecule has 0 aliphatic carbocycles. The highest BCUT2D eigenvalue weighted by Gasteiger charge is 2.17. The normalized spacial score (nSPS) is 14.1. The van der Waals surface area contributed by atoms with Crippen LogP contribution in [0.4, 0.5) is 0 Å². The second kappa shape index (κ2) is 6.56. The Kier molecular flexibility index (Phi) is 5.03. The fourth-order valence-electron chi connectivity index (χ4n) is 2.22. The molecule has 2 aromatic carbocycles. The van der Waals surface area contributed by atoms with E-state index in [1.165, 1.54) is 11.1 Å². The molecule has 2 unspecified atom stereocenters. The Morgan fingerprint density at radius 3 is 2.42 bits per heavy atom. The molecule has 0 aromatic heterocycles. The molecule has 0 spiro atoms. The van der Waals surface area contributed by atoms with Gasteiger partial charge in [-0.3, -0.25) is 0 Å². The molecule has 2 atom stereocenters. The lowest BCUT2D eigenvalue weighted by atomic mass is 9.87. The molecule has 2 N–H and O–H groups in total. The summed E-state index contributed by atoms with van der Waals surface area (Å²) in [5, 5.41) is 0.767. The zero-order valence-corrected chi connectivity index (χ0v) is 13.2. The molecule has 0 saturated heterocycles. The van der Waals surface area contributed by atoms with Gasteiger partial charge >= 0.3 is 0 Å². The van der Waals surface area contributed by atoms with Crippen molar-refractivity contribution in [3.8, 4) is 0 Å². The van der Waals surface area contributed by atoms with Crippen molar-refractivity contribution in [2.75, 3.05) is 0 Å². The number of rotatable bonds is 4. The van der Waals surface area contributed by atoms with E-state index in [1.54, 1.807) is 0 Å². The lowest BCUT2D eigenvalue weighted by Crippen LogP contribution is -2.26. The molecule has 1 nitrogen and oxygen atoms in total. The van der Waals surface area contributed by atoms with Crippen LogP contribution in [0.25, 0.3) is 0 Å².